The number of carbonyl (C=O) groups is 1. The molecule has 0 aromatic carbocycles. The van der Waals surface area contributed by atoms with E-state index in [2.05, 4.69) is 38.4 Å². The lowest BCUT2D eigenvalue weighted by atomic mass is 9.97. The van der Waals surface area contributed by atoms with E-state index in [1.54, 1.807) is 53.4 Å². The van der Waals surface area contributed by atoms with E-state index in [0.717, 1.165) is 48.4 Å². The van der Waals surface area contributed by atoms with Gasteiger partial charge in [-0.2, -0.15) is 15.5 Å². The lowest BCUT2D eigenvalue weighted by Crippen LogP contribution is -2.45. The van der Waals surface area contributed by atoms with Crippen molar-refractivity contribution in [3.63, 3.8) is 0 Å². The van der Waals surface area contributed by atoms with Crippen molar-refractivity contribution >= 4 is 17.2 Å². The molecule has 12 heteroatoms. The minimum atomic E-state index is -0.286. The number of anilines is 1. The van der Waals surface area contributed by atoms with E-state index < -0.39 is 0 Å². The highest BCUT2D eigenvalue weighted by molar-refractivity contribution is 5.94. The molecule has 43 heavy (non-hydrogen) atoms. The maximum atomic E-state index is 13.0. The van der Waals surface area contributed by atoms with Gasteiger partial charge in [0.15, 0.2) is 0 Å². The predicted octanol–water partition coefficient (Wildman–Crippen LogP) is 3.50. The van der Waals surface area contributed by atoms with Crippen LogP contribution in [-0.2, 0) is 7.05 Å². The molecule has 3 atom stereocenters. The molecule has 1 saturated heterocycles. The Kier molecular flexibility index (Phi) is 6.30. The number of ether oxygens (including phenoxy) is 1. The Morgan fingerprint density at radius 1 is 1.02 bits per heavy atom. The van der Waals surface area contributed by atoms with Crippen LogP contribution in [0.3, 0.4) is 0 Å². The molecule has 1 saturated carbocycles. The predicted molar refractivity (Wildman–Crippen MR) is 158 cm³/mol. The van der Waals surface area contributed by atoms with Crippen LogP contribution in [0.25, 0.3) is 27.9 Å². The summed E-state index contributed by atoms with van der Waals surface area (Å²) in [5.74, 6) is 2.13. The second kappa shape index (κ2) is 10.2. The Balaban J connectivity index is 1.08. The van der Waals surface area contributed by atoms with Gasteiger partial charge in [0.05, 0.1) is 60.4 Å². The van der Waals surface area contributed by atoms with Crippen LogP contribution in [0, 0.1) is 23.2 Å². The minimum Gasteiger partial charge on any atom is -0.495 e. The van der Waals surface area contributed by atoms with E-state index in [1.165, 1.54) is 0 Å². The zero-order valence-electron chi connectivity index (χ0n) is 24.1. The molecule has 1 unspecified atom stereocenters. The maximum absolute atomic E-state index is 13.0. The van der Waals surface area contributed by atoms with Crippen LogP contribution in [-0.4, -0.2) is 66.0 Å². The van der Waals surface area contributed by atoms with Gasteiger partial charge >= 0.3 is 0 Å². The smallest absolute Gasteiger partial charge is 0.253 e. The number of nitrogens with zero attached hydrogens (tertiary/aromatic N) is 9. The lowest BCUT2D eigenvalue weighted by molar-refractivity contribution is 0.0904. The van der Waals surface area contributed by atoms with Gasteiger partial charge in [-0.25, -0.2) is 9.50 Å². The molecule has 0 spiro atoms. The molecular formula is C31H30N10O2. The van der Waals surface area contributed by atoms with Gasteiger partial charge in [-0.15, -0.1) is 0 Å². The summed E-state index contributed by atoms with van der Waals surface area (Å²) in [6.07, 6.45) is 15.7. The zero-order valence-corrected chi connectivity index (χ0v) is 24.1. The minimum absolute atomic E-state index is 0.133. The summed E-state index contributed by atoms with van der Waals surface area (Å²) in [4.78, 5) is 29.0. The van der Waals surface area contributed by atoms with Gasteiger partial charge in [-0.3, -0.25) is 19.4 Å². The van der Waals surface area contributed by atoms with E-state index in [9.17, 15) is 10.1 Å². The van der Waals surface area contributed by atoms with Crippen molar-refractivity contribution in [1.82, 2.24) is 39.7 Å². The normalized spacial score (nSPS) is 21.1. The Morgan fingerprint density at radius 2 is 1.84 bits per heavy atom. The van der Waals surface area contributed by atoms with Crippen LogP contribution >= 0.6 is 0 Å². The van der Waals surface area contributed by atoms with Crippen molar-refractivity contribution in [3.8, 4) is 34.2 Å². The van der Waals surface area contributed by atoms with E-state index in [0.29, 0.717) is 39.9 Å². The fourth-order valence-electron chi connectivity index (χ4n) is 6.68. The number of hydrogen-bond donors (Lipinski definition) is 1. The summed E-state index contributed by atoms with van der Waals surface area (Å²) in [6, 6.07) is 5.96. The Morgan fingerprint density at radius 3 is 2.51 bits per heavy atom. The number of rotatable bonds is 6. The van der Waals surface area contributed by atoms with E-state index >= 15 is 0 Å². The average molecular weight is 575 g/mol. The molecule has 5 aromatic rings. The first kappa shape index (κ1) is 26.6. The number of nitriles is 1. The van der Waals surface area contributed by atoms with Crippen molar-refractivity contribution in [2.24, 2.45) is 18.9 Å². The van der Waals surface area contributed by atoms with Gasteiger partial charge in [-0.1, -0.05) is 0 Å². The molecule has 1 N–H and O–H groups in total. The Labute approximate surface area is 248 Å². The van der Waals surface area contributed by atoms with Gasteiger partial charge in [-0.05, 0) is 43.7 Å². The largest absolute Gasteiger partial charge is 0.495 e. The number of pyridine rings is 2. The summed E-state index contributed by atoms with van der Waals surface area (Å²) in [6.45, 7) is 3.84. The molecule has 12 nitrogen and oxygen atoms in total. The van der Waals surface area contributed by atoms with Crippen molar-refractivity contribution in [3.05, 3.63) is 72.8 Å². The molecule has 7 rings (SSSR count). The molecule has 216 valence electrons. The summed E-state index contributed by atoms with van der Waals surface area (Å²) in [5.41, 5.74) is 4.68. The monoisotopic (exact) mass is 574 g/mol. The number of fused-ring (bicyclic) bond motifs is 2. The first-order valence-electron chi connectivity index (χ1n) is 14.1. The van der Waals surface area contributed by atoms with E-state index in [4.69, 9.17) is 14.7 Å². The first-order valence-corrected chi connectivity index (χ1v) is 14.1. The fraction of sp³-hybridized carbons (Fsp3) is 0.323. The number of nitrogens with one attached hydrogen (secondary N) is 1. The molecule has 0 radical (unpaired) electrons. The number of methoxy groups -OCH3 is 1. The third-order valence-corrected chi connectivity index (χ3v) is 8.64. The maximum Gasteiger partial charge on any atom is 0.253 e. The van der Waals surface area contributed by atoms with E-state index in [-0.39, 0.29) is 11.4 Å². The average Bonchev–Trinajstić information content (AvgIpc) is 3.79. The molecule has 5 aromatic heterocycles. The lowest BCUT2D eigenvalue weighted by Gasteiger charge is -2.28. The van der Waals surface area contributed by atoms with Crippen molar-refractivity contribution < 1.29 is 9.53 Å². The van der Waals surface area contributed by atoms with Crippen molar-refractivity contribution in [2.45, 2.75) is 25.3 Å². The van der Waals surface area contributed by atoms with Gasteiger partial charge in [0, 0.05) is 61.0 Å². The van der Waals surface area contributed by atoms with Gasteiger partial charge in [0.2, 0.25) is 0 Å². The summed E-state index contributed by atoms with van der Waals surface area (Å²) < 4.78 is 8.68. The quantitative estimate of drug-likeness (QED) is 0.323. The van der Waals surface area contributed by atoms with Gasteiger partial charge in [0.1, 0.15) is 17.6 Å². The van der Waals surface area contributed by atoms with Gasteiger partial charge < -0.3 is 15.0 Å². The SMILES string of the molecule is COc1cncc(C(=O)NC2(C)C[C@H]3CN(c4cnc(-c5cc(-c6cnn(C)c6)cn6ncc(C#N)c56)cn4)C[C@H]3C2)c1. The van der Waals surface area contributed by atoms with Crippen LogP contribution in [0.4, 0.5) is 5.82 Å². The molecular weight excluding hydrogens is 544 g/mol. The Hall–Kier alpha value is -5.31. The molecule has 1 aliphatic heterocycles. The van der Waals surface area contributed by atoms with Gasteiger partial charge in [0.25, 0.3) is 5.91 Å². The van der Waals surface area contributed by atoms with E-state index in [1.807, 2.05) is 31.7 Å². The highest BCUT2D eigenvalue weighted by Gasteiger charge is 2.47. The summed E-state index contributed by atoms with van der Waals surface area (Å²) in [7, 11) is 3.43. The molecule has 0 bridgehead atoms. The summed E-state index contributed by atoms with van der Waals surface area (Å²) in [5, 5.41) is 21.7. The number of aromatic nitrogens is 7. The highest BCUT2D eigenvalue weighted by Crippen LogP contribution is 2.45. The number of amides is 1. The zero-order chi connectivity index (χ0) is 29.7. The highest BCUT2D eigenvalue weighted by atomic mass is 16.5. The standard InChI is InChI=1S/C31H30N10O2/c1-31(38-30(42)19-4-25(43-3)12-33-9-19)6-21-16-40(17-22(21)7-31)28-14-34-27(13-35-28)26-5-20(24-11-36-39(2)15-24)18-41-29(26)23(8-32)10-37-41/h4-5,9-15,18,21-22H,6-7,16-17H2,1-3H3,(H,38,42)/t21-,22+,31?. The third kappa shape index (κ3) is 4.82. The van der Waals surface area contributed by atoms with Crippen molar-refractivity contribution in [1.29, 1.82) is 5.26 Å². The Bertz CT molecular complexity index is 1870. The molecule has 1 aliphatic carbocycles. The second-order valence-electron chi connectivity index (χ2n) is 11.7. The molecule has 2 fully saturated rings. The molecule has 1 amide bonds. The van der Waals surface area contributed by atoms with Crippen LogP contribution < -0.4 is 15.0 Å². The van der Waals surface area contributed by atoms with Crippen molar-refractivity contribution in [2.75, 3.05) is 25.1 Å². The third-order valence-electron chi connectivity index (χ3n) is 8.64. The number of carbonyl (C=O) groups excluding carboxylic acids is 1. The molecule has 6 heterocycles. The first-order chi connectivity index (χ1) is 20.8. The van der Waals surface area contributed by atoms with Crippen LogP contribution in [0.2, 0.25) is 0 Å². The fourth-order valence-corrected chi connectivity index (χ4v) is 6.68. The molecule has 2 aliphatic rings. The topological polar surface area (TPSA) is 139 Å². The summed E-state index contributed by atoms with van der Waals surface area (Å²) >= 11 is 0. The number of aryl methyl sites for hydroxylation is 1. The van der Waals surface area contributed by atoms with Crippen LogP contribution in [0.5, 0.6) is 5.75 Å². The van der Waals surface area contributed by atoms with Crippen LogP contribution in [0.15, 0.2) is 61.7 Å². The number of hydrogen-bond acceptors (Lipinski definition) is 9. The van der Waals surface area contributed by atoms with Crippen LogP contribution in [0.1, 0.15) is 35.7 Å². The second-order valence-corrected chi connectivity index (χ2v) is 11.7.